The number of hydrogen-bond donors (Lipinski definition) is 0. The van der Waals surface area contributed by atoms with Crippen LogP contribution in [0.4, 0.5) is 4.79 Å². The van der Waals surface area contributed by atoms with E-state index in [-0.39, 0.29) is 0 Å². The number of alkyl halides is 1. The first-order chi connectivity index (χ1) is 3.66. The zero-order valence-electron chi connectivity index (χ0n) is 4.31. The summed E-state index contributed by atoms with van der Waals surface area (Å²) in [6.45, 7) is 1.76. The van der Waals surface area contributed by atoms with E-state index in [0.717, 1.165) is 0 Å². The third-order valence-corrected chi connectivity index (χ3v) is 1.32. The molecule has 0 bridgehead atoms. The summed E-state index contributed by atoms with van der Waals surface area (Å²) in [6.07, 6.45) is -0.220. The van der Waals surface area contributed by atoms with Crippen LogP contribution in [0, 0.1) is 0 Å². The van der Waals surface area contributed by atoms with Gasteiger partial charge >= 0.3 is 11.4 Å². The highest BCUT2D eigenvalue weighted by Gasteiger charge is 2.45. The van der Waals surface area contributed by atoms with Gasteiger partial charge in [0.05, 0.1) is 0 Å². The van der Waals surface area contributed by atoms with Gasteiger partial charge in [-0.05, 0) is 11.6 Å². The van der Waals surface area contributed by atoms with Crippen LogP contribution >= 0.6 is 11.6 Å². The van der Waals surface area contributed by atoms with E-state index >= 15 is 0 Å². The van der Waals surface area contributed by atoms with Gasteiger partial charge in [-0.25, -0.2) is 4.79 Å². The van der Waals surface area contributed by atoms with Crippen LogP contribution in [-0.2, 0) is 9.47 Å². The van der Waals surface area contributed by atoms with Gasteiger partial charge in [-0.3, -0.25) is 0 Å². The molecule has 0 radical (unpaired) electrons. The quantitative estimate of drug-likeness (QED) is 0.404. The lowest BCUT2D eigenvalue weighted by atomic mass is 10.4. The summed E-state index contributed by atoms with van der Waals surface area (Å²) < 4.78 is 8.76. The number of halogens is 1. The monoisotopic (exact) mass is 136 g/mol. The van der Waals surface area contributed by atoms with Crippen molar-refractivity contribution in [3.8, 4) is 0 Å². The molecule has 0 aromatic heterocycles. The summed E-state index contributed by atoms with van der Waals surface area (Å²) in [5.41, 5.74) is 0. The Morgan fingerprint density at radius 3 is 2.38 bits per heavy atom. The van der Waals surface area contributed by atoms with Gasteiger partial charge in [0, 0.05) is 6.42 Å². The largest absolute Gasteiger partial charge is 0.516 e. The second-order valence-electron chi connectivity index (χ2n) is 1.47. The highest BCUT2D eigenvalue weighted by molar-refractivity contribution is 6.24. The van der Waals surface area contributed by atoms with Crippen LogP contribution in [0.5, 0.6) is 0 Å². The van der Waals surface area contributed by atoms with Gasteiger partial charge in [0.1, 0.15) is 0 Å². The Balaban J connectivity index is 2.40. The Bertz CT molecular complexity index is 114. The zero-order chi connectivity index (χ0) is 6.20. The Morgan fingerprint density at radius 1 is 1.75 bits per heavy atom. The van der Waals surface area contributed by atoms with Crippen molar-refractivity contribution in [1.82, 2.24) is 0 Å². The fourth-order valence-corrected chi connectivity index (χ4v) is 0.527. The minimum atomic E-state index is -1.14. The molecule has 0 aliphatic carbocycles. The number of cyclic esters (lactones) is 2. The van der Waals surface area contributed by atoms with Gasteiger partial charge in [-0.2, -0.15) is 0 Å². The minimum Gasteiger partial charge on any atom is -0.376 e. The summed E-state index contributed by atoms with van der Waals surface area (Å²) in [5.74, 6) is 0. The molecule has 1 fully saturated rings. The second kappa shape index (κ2) is 1.52. The van der Waals surface area contributed by atoms with Gasteiger partial charge < -0.3 is 9.47 Å². The second-order valence-corrected chi connectivity index (χ2v) is 2.04. The summed E-state index contributed by atoms with van der Waals surface area (Å²) in [5, 5.41) is -1.14. The highest BCUT2D eigenvalue weighted by Crippen LogP contribution is 2.32. The first-order valence-corrected chi connectivity index (χ1v) is 2.65. The highest BCUT2D eigenvalue weighted by atomic mass is 35.5. The Hall–Kier alpha value is -0.440. The number of ether oxygens (including phenoxy) is 2. The maximum atomic E-state index is 9.94. The van der Waals surface area contributed by atoms with Crippen LogP contribution < -0.4 is 0 Å². The van der Waals surface area contributed by atoms with Crippen LogP contribution in [0.3, 0.4) is 0 Å². The van der Waals surface area contributed by atoms with E-state index in [9.17, 15) is 4.79 Å². The fraction of sp³-hybridized carbons (Fsp3) is 0.750. The van der Waals surface area contributed by atoms with Crippen LogP contribution in [0.2, 0.25) is 0 Å². The molecule has 0 amide bonds. The Labute approximate surface area is 51.5 Å². The lowest BCUT2D eigenvalue weighted by Crippen LogP contribution is -2.44. The number of carbonyl (C=O) groups excluding carboxylic acids is 1. The molecule has 0 saturated carbocycles. The van der Waals surface area contributed by atoms with Crippen LogP contribution in [0.1, 0.15) is 13.3 Å². The van der Waals surface area contributed by atoms with E-state index in [1.165, 1.54) is 0 Å². The maximum Gasteiger partial charge on any atom is 0.516 e. The van der Waals surface area contributed by atoms with E-state index in [1.54, 1.807) is 6.92 Å². The molecular formula is C4H5ClO3. The molecule has 46 valence electrons. The van der Waals surface area contributed by atoms with Crippen LogP contribution in [0.15, 0.2) is 0 Å². The third-order valence-electron chi connectivity index (χ3n) is 0.894. The van der Waals surface area contributed by atoms with Gasteiger partial charge in [-0.15, -0.1) is 0 Å². The molecule has 1 heterocycles. The topological polar surface area (TPSA) is 35.5 Å². The molecule has 1 saturated heterocycles. The van der Waals surface area contributed by atoms with Gasteiger partial charge in [0.25, 0.3) is 0 Å². The van der Waals surface area contributed by atoms with Gasteiger partial charge in [-0.1, -0.05) is 6.92 Å². The van der Waals surface area contributed by atoms with E-state index in [4.69, 9.17) is 11.6 Å². The van der Waals surface area contributed by atoms with E-state index < -0.39 is 11.4 Å². The fourth-order valence-electron chi connectivity index (χ4n) is 0.401. The predicted octanol–water partition coefficient (Wildman–Crippen LogP) is 1.46. The number of rotatable bonds is 1. The van der Waals surface area contributed by atoms with Crippen molar-refractivity contribution in [3.05, 3.63) is 0 Å². The van der Waals surface area contributed by atoms with Crippen LogP contribution in [0.25, 0.3) is 0 Å². The smallest absolute Gasteiger partial charge is 0.376 e. The predicted molar refractivity (Wildman–Crippen MR) is 26.4 cm³/mol. The van der Waals surface area contributed by atoms with Crippen molar-refractivity contribution < 1.29 is 14.3 Å². The Kier molecular flexibility index (Phi) is 1.08. The zero-order valence-corrected chi connectivity index (χ0v) is 5.07. The normalized spacial score (nSPS) is 23.0. The molecule has 0 spiro atoms. The van der Waals surface area contributed by atoms with Crippen molar-refractivity contribution in [2.75, 3.05) is 0 Å². The van der Waals surface area contributed by atoms with E-state index in [1.807, 2.05) is 0 Å². The molecule has 0 atom stereocenters. The third kappa shape index (κ3) is 0.733. The van der Waals surface area contributed by atoms with Crippen molar-refractivity contribution in [1.29, 1.82) is 0 Å². The summed E-state index contributed by atoms with van der Waals surface area (Å²) in [6, 6.07) is 0. The molecule has 0 aromatic carbocycles. The molecule has 3 nitrogen and oxygen atoms in total. The lowest BCUT2D eigenvalue weighted by Gasteiger charge is -2.32. The van der Waals surface area contributed by atoms with E-state index in [0.29, 0.717) is 6.42 Å². The molecule has 0 aromatic rings. The average Bonchev–Trinajstić information content (AvgIpc) is 1.63. The first kappa shape index (κ1) is 5.69. The average molecular weight is 137 g/mol. The number of hydrogen-bond acceptors (Lipinski definition) is 3. The molecule has 0 unspecified atom stereocenters. The standard InChI is InChI=1S/C4H5ClO3/c1-2-4(5)7-3(6)8-4/h2H2,1H3. The molecular weight excluding hydrogens is 131 g/mol. The SMILES string of the molecule is CCC1(Cl)OC(=O)O1. The molecule has 1 aliphatic heterocycles. The maximum absolute atomic E-state index is 9.94. The molecule has 1 aliphatic rings. The van der Waals surface area contributed by atoms with Crippen LogP contribution in [-0.4, -0.2) is 11.4 Å². The summed E-state index contributed by atoms with van der Waals surface area (Å²) in [7, 11) is 0. The summed E-state index contributed by atoms with van der Waals surface area (Å²) >= 11 is 5.42. The molecule has 4 heteroatoms. The van der Waals surface area contributed by atoms with Crippen molar-refractivity contribution in [3.63, 3.8) is 0 Å². The molecule has 8 heavy (non-hydrogen) atoms. The first-order valence-electron chi connectivity index (χ1n) is 2.27. The lowest BCUT2D eigenvalue weighted by molar-refractivity contribution is -0.216. The van der Waals surface area contributed by atoms with Crippen molar-refractivity contribution in [2.24, 2.45) is 0 Å². The summed E-state index contributed by atoms with van der Waals surface area (Å²) in [4.78, 5) is 9.94. The van der Waals surface area contributed by atoms with Gasteiger partial charge in [0.15, 0.2) is 0 Å². The van der Waals surface area contributed by atoms with Gasteiger partial charge in [0.2, 0.25) is 0 Å². The van der Waals surface area contributed by atoms with Crippen molar-refractivity contribution >= 4 is 17.8 Å². The number of carbonyl (C=O) groups is 1. The minimum absolute atomic E-state index is 0.473. The Morgan fingerprint density at radius 2 is 2.25 bits per heavy atom. The molecule has 0 N–H and O–H groups in total. The van der Waals surface area contributed by atoms with E-state index in [2.05, 4.69) is 9.47 Å². The van der Waals surface area contributed by atoms with Crippen molar-refractivity contribution in [2.45, 2.75) is 18.6 Å². The molecule has 1 rings (SSSR count).